The van der Waals surface area contributed by atoms with Gasteiger partial charge in [0.1, 0.15) is 5.82 Å². The predicted molar refractivity (Wildman–Crippen MR) is 55.7 cm³/mol. The molecule has 1 atom stereocenters. The van der Waals surface area contributed by atoms with Crippen molar-refractivity contribution in [1.29, 1.82) is 5.26 Å². The SMILES string of the molecule is CCC(C)OCc1cc(F)cc(C#N)c1. The largest absolute Gasteiger partial charge is 0.374 e. The van der Waals surface area contributed by atoms with E-state index in [1.165, 1.54) is 12.1 Å². The maximum atomic E-state index is 13.0. The van der Waals surface area contributed by atoms with E-state index in [4.69, 9.17) is 10.00 Å². The Morgan fingerprint density at radius 1 is 1.47 bits per heavy atom. The molecule has 0 heterocycles. The minimum absolute atomic E-state index is 0.152. The Balaban J connectivity index is 2.69. The van der Waals surface area contributed by atoms with Crippen LogP contribution in [0.1, 0.15) is 31.4 Å². The van der Waals surface area contributed by atoms with Crippen LogP contribution in [0, 0.1) is 17.1 Å². The van der Waals surface area contributed by atoms with Crippen LogP contribution in [-0.2, 0) is 11.3 Å². The van der Waals surface area contributed by atoms with Gasteiger partial charge >= 0.3 is 0 Å². The number of ether oxygens (including phenoxy) is 1. The summed E-state index contributed by atoms with van der Waals surface area (Å²) in [4.78, 5) is 0. The Kier molecular flexibility index (Phi) is 4.26. The minimum Gasteiger partial charge on any atom is -0.374 e. The highest BCUT2D eigenvalue weighted by Gasteiger charge is 2.03. The third-order valence-electron chi connectivity index (χ3n) is 2.20. The molecule has 80 valence electrons. The van der Waals surface area contributed by atoms with Gasteiger partial charge in [-0.1, -0.05) is 6.92 Å². The molecule has 0 saturated carbocycles. The Morgan fingerprint density at radius 3 is 2.80 bits per heavy atom. The summed E-state index contributed by atoms with van der Waals surface area (Å²) in [7, 11) is 0. The molecule has 0 saturated heterocycles. The van der Waals surface area contributed by atoms with Crippen LogP contribution in [0.4, 0.5) is 4.39 Å². The molecule has 0 aliphatic rings. The fourth-order valence-corrected chi connectivity index (χ4v) is 1.15. The monoisotopic (exact) mass is 207 g/mol. The molecule has 0 spiro atoms. The van der Waals surface area contributed by atoms with E-state index in [-0.39, 0.29) is 6.10 Å². The smallest absolute Gasteiger partial charge is 0.124 e. The van der Waals surface area contributed by atoms with Crippen LogP contribution in [0.2, 0.25) is 0 Å². The number of rotatable bonds is 4. The Bertz CT molecular complexity index is 370. The first kappa shape index (κ1) is 11.7. The normalized spacial score (nSPS) is 12.1. The van der Waals surface area contributed by atoms with Crippen molar-refractivity contribution in [2.45, 2.75) is 33.0 Å². The van der Waals surface area contributed by atoms with E-state index in [0.717, 1.165) is 6.42 Å². The number of hydrogen-bond acceptors (Lipinski definition) is 2. The van der Waals surface area contributed by atoms with Crippen LogP contribution >= 0.6 is 0 Å². The summed E-state index contributed by atoms with van der Waals surface area (Å²) < 4.78 is 18.5. The molecule has 0 bridgehead atoms. The van der Waals surface area contributed by atoms with E-state index in [1.807, 2.05) is 19.9 Å². The van der Waals surface area contributed by atoms with E-state index in [0.29, 0.717) is 17.7 Å². The molecule has 1 aromatic rings. The van der Waals surface area contributed by atoms with Crippen molar-refractivity contribution in [3.05, 3.63) is 35.1 Å². The standard InChI is InChI=1S/C12H14FNO/c1-3-9(2)15-8-11-4-10(7-14)5-12(13)6-11/h4-6,9H,3,8H2,1-2H3. The fraction of sp³-hybridized carbons (Fsp3) is 0.417. The summed E-state index contributed by atoms with van der Waals surface area (Å²) in [6.45, 7) is 4.34. The first-order valence-corrected chi connectivity index (χ1v) is 4.97. The molecule has 15 heavy (non-hydrogen) atoms. The highest BCUT2D eigenvalue weighted by molar-refractivity contribution is 5.33. The van der Waals surface area contributed by atoms with E-state index in [1.54, 1.807) is 6.07 Å². The number of nitriles is 1. The van der Waals surface area contributed by atoms with Gasteiger partial charge in [0, 0.05) is 0 Å². The van der Waals surface area contributed by atoms with Crippen LogP contribution in [0.25, 0.3) is 0 Å². The van der Waals surface area contributed by atoms with Gasteiger partial charge in [-0.25, -0.2) is 4.39 Å². The lowest BCUT2D eigenvalue weighted by Gasteiger charge is -2.10. The summed E-state index contributed by atoms with van der Waals surface area (Å²) in [6, 6.07) is 6.17. The van der Waals surface area contributed by atoms with Crippen molar-refractivity contribution >= 4 is 0 Å². The second kappa shape index (κ2) is 5.47. The van der Waals surface area contributed by atoms with Crippen LogP contribution in [0.3, 0.4) is 0 Å². The summed E-state index contributed by atoms with van der Waals surface area (Å²) in [5.74, 6) is -0.392. The first-order chi connectivity index (χ1) is 7.15. The van der Waals surface area contributed by atoms with Gasteiger partial charge in [0.2, 0.25) is 0 Å². The van der Waals surface area contributed by atoms with Crippen LogP contribution < -0.4 is 0 Å². The van der Waals surface area contributed by atoms with Gasteiger partial charge in [-0.2, -0.15) is 5.26 Å². The molecule has 0 aromatic heterocycles. The lowest BCUT2D eigenvalue weighted by molar-refractivity contribution is 0.0507. The quantitative estimate of drug-likeness (QED) is 0.760. The summed E-state index contributed by atoms with van der Waals surface area (Å²) in [6.07, 6.45) is 1.07. The molecule has 0 fully saturated rings. The Labute approximate surface area is 89.3 Å². The van der Waals surface area contributed by atoms with Crippen molar-refractivity contribution < 1.29 is 9.13 Å². The molecule has 3 heteroatoms. The zero-order chi connectivity index (χ0) is 11.3. The lowest BCUT2D eigenvalue weighted by atomic mass is 10.1. The second-order valence-electron chi connectivity index (χ2n) is 3.49. The van der Waals surface area contributed by atoms with Gasteiger partial charge in [-0.15, -0.1) is 0 Å². The van der Waals surface area contributed by atoms with E-state index in [2.05, 4.69) is 0 Å². The molecule has 1 unspecified atom stereocenters. The summed E-state index contributed by atoms with van der Waals surface area (Å²) in [5, 5.41) is 8.65. The molecule has 2 nitrogen and oxygen atoms in total. The molecular formula is C12H14FNO. The average Bonchev–Trinajstić information content (AvgIpc) is 2.25. The van der Waals surface area contributed by atoms with Crippen molar-refractivity contribution in [2.75, 3.05) is 0 Å². The zero-order valence-electron chi connectivity index (χ0n) is 8.96. The van der Waals surface area contributed by atoms with Crippen molar-refractivity contribution in [3.63, 3.8) is 0 Å². The predicted octanol–water partition coefficient (Wildman–Crippen LogP) is 3.01. The van der Waals surface area contributed by atoms with E-state index in [9.17, 15) is 4.39 Å². The number of halogens is 1. The van der Waals surface area contributed by atoms with Crippen LogP contribution in [0.15, 0.2) is 18.2 Å². The third kappa shape index (κ3) is 3.69. The van der Waals surface area contributed by atoms with Crippen molar-refractivity contribution in [3.8, 4) is 6.07 Å². The van der Waals surface area contributed by atoms with Gasteiger partial charge in [0.25, 0.3) is 0 Å². The van der Waals surface area contributed by atoms with Crippen LogP contribution in [-0.4, -0.2) is 6.10 Å². The summed E-state index contributed by atoms with van der Waals surface area (Å²) >= 11 is 0. The van der Waals surface area contributed by atoms with Crippen molar-refractivity contribution in [2.24, 2.45) is 0 Å². The van der Waals surface area contributed by atoms with E-state index >= 15 is 0 Å². The van der Waals surface area contributed by atoms with Crippen LogP contribution in [0.5, 0.6) is 0 Å². The van der Waals surface area contributed by atoms with Gasteiger partial charge in [-0.05, 0) is 37.1 Å². The molecule has 1 aromatic carbocycles. The maximum absolute atomic E-state index is 13.0. The zero-order valence-corrected chi connectivity index (χ0v) is 8.96. The first-order valence-electron chi connectivity index (χ1n) is 4.97. The number of benzene rings is 1. The van der Waals surface area contributed by atoms with Crippen molar-refractivity contribution in [1.82, 2.24) is 0 Å². The molecule has 0 aliphatic carbocycles. The molecule has 0 N–H and O–H groups in total. The molecule has 1 rings (SSSR count). The van der Waals surface area contributed by atoms with Gasteiger partial charge in [-0.3, -0.25) is 0 Å². The third-order valence-corrected chi connectivity index (χ3v) is 2.20. The lowest BCUT2D eigenvalue weighted by Crippen LogP contribution is -2.06. The summed E-state index contributed by atoms with van der Waals surface area (Å²) in [5.41, 5.74) is 1.03. The highest BCUT2D eigenvalue weighted by Crippen LogP contribution is 2.11. The molecule has 0 radical (unpaired) electrons. The maximum Gasteiger partial charge on any atom is 0.124 e. The minimum atomic E-state index is -0.392. The fourth-order valence-electron chi connectivity index (χ4n) is 1.15. The molecular weight excluding hydrogens is 193 g/mol. The second-order valence-corrected chi connectivity index (χ2v) is 3.49. The molecule has 0 aliphatic heterocycles. The molecule has 0 amide bonds. The topological polar surface area (TPSA) is 33.0 Å². The number of nitrogens with zero attached hydrogens (tertiary/aromatic N) is 1. The number of hydrogen-bond donors (Lipinski definition) is 0. The highest BCUT2D eigenvalue weighted by atomic mass is 19.1. The van der Waals surface area contributed by atoms with Gasteiger partial charge in [0.15, 0.2) is 0 Å². The average molecular weight is 207 g/mol. The Morgan fingerprint density at radius 2 is 2.20 bits per heavy atom. The van der Waals surface area contributed by atoms with Gasteiger partial charge < -0.3 is 4.74 Å². The Hall–Kier alpha value is -1.40. The van der Waals surface area contributed by atoms with Gasteiger partial charge in [0.05, 0.1) is 24.3 Å². The van der Waals surface area contributed by atoms with E-state index < -0.39 is 5.82 Å².